The summed E-state index contributed by atoms with van der Waals surface area (Å²) in [7, 11) is 0. The van der Waals surface area contributed by atoms with Crippen molar-refractivity contribution < 1.29 is 24.2 Å². The Morgan fingerprint density at radius 3 is 1.97 bits per heavy atom. The molecule has 0 rings (SSSR count). The van der Waals surface area contributed by atoms with E-state index in [-0.39, 0.29) is 24.5 Å². The predicted octanol–water partition coefficient (Wildman–Crippen LogP) is 8.22. The highest BCUT2D eigenvalue weighted by atomic mass is 16.5. The van der Waals surface area contributed by atoms with Crippen LogP contribution in [0.3, 0.4) is 0 Å². The Hall–Kier alpha value is -2.37. The molecule has 6 heteroatoms. The van der Waals surface area contributed by atoms with Crippen molar-refractivity contribution in [2.75, 3.05) is 6.54 Å². The fourth-order valence-corrected chi connectivity index (χ4v) is 4.11. The van der Waals surface area contributed by atoms with Gasteiger partial charge in [-0.15, -0.1) is 0 Å². The molecule has 1 amide bonds. The number of allylic oxidation sites excluding steroid dienone is 6. The van der Waals surface area contributed by atoms with Gasteiger partial charge in [-0.05, 0) is 70.6 Å². The van der Waals surface area contributed by atoms with E-state index in [2.05, 4.69) is 55.6 Å². The maximum atomic E-state index is 12.4. The van der Waals surface area contributed by atoms with E-state index in [0.29, 0.717) is 19.3 Å². The van der Waals surface area contributed by atoms with Gasteiger partial charge < -0.3 is 15.2 Å². The Kier molecular flexibility index (Phi) is 25.9. The Morgan fingerprint density at radius 2 is 1.29 bits per heavy atom. The zero-order valence-corrected chi connectivity index (χ0v) is 24.3. The molecule has 2 N–H and O–H groups in total. The van der Waals surface area contributed by atoms with Crippen molar-refractivity contribution in [3.63, 3.8) is 0 Å². The third-order valence-corrected chi connectivity index (χ3v) is 6.33. The van der Waals surface area contributed by atoms with Gasteiger partial charge in [0.05, 0.1) is 0 Å². The molecule has 0 aromatic carbocycles. The fourth-order valence-electron chi connectivity index (χ4n) is 4.11. The molecule has 0 aromatic heterocycles. The van der Waals surface area contributed by atoms with Crippen LogP contribution in [0.15, 0.2) is 36.5 Å². The molecule has 0 spiro atoms. The normalized spacial score (nSPS) is 12.5. The molecule has 0 radical (unpaired) electrons. The van der Waals surface area contributed by atoms with Crippen LogP contribution in [0.4, 0.5) is 0 Å². The zero-order chi connectivity index (χ0) is 28.1. The highest BCUT2D eigenvalue weighted by Gasteiger charge is 2.14. The summed E-state index contributed by atoms with van der Waals surface area (Å²) in [5, 5.41) is 11.0. The van der Waals surface area contributed by atoms with Gasteiger partial charge in [-0.2, -0.15) is 0 Å². The highest BCUT2D eigenvalue weighted by molar-refractivity contribution is 5.80. The van der Waals surface area contributed by atoms with Crippen molar-refractivity contribution in [2.24, 2.45) is 0 Å². The number of ether oxygens (including phenoxy) is 1. The molecule has 0 heterocycles. The lowest BCUT2D eigenvalue weighted by Gasteiger charge is -2.18. The number of rotatable bonds is 26. The Bertz CT molecular complexity index is 683. The summed E-state index contributed by atoms with van der Waals surface area (Å²) >= 11 is 0. The van der Waals surface area contributed by atoms with Gasteiger partial charge in [0.1, 0.15) is 12.6 Å². The molecule has 0 aliphatic heterocycles. The first-order valence-electron chi connectivity index (χ1n) is 15.1. The van der Waals surface area contributed by atoms with Crippen molar-refractivity contribution >= 4 is 17.8 Å². The van der Waals surface area contributed by atoms with E-state index in [1.165, 1.54) is 12.8 Å². The molecule has 0 bridgehead atoms. The number of amides is 1. The fraction of sp³-hybridized carbons (Fsp3) is 0.719. The Morgan fingerprint density at radius 1 is 0.711 bits per heavy atom. The molecule has 0 saturated carbocycles. The number of aliphatic carboxylic acids is 1. The van der Waals surface area contributed by atoms with Crippen LogP contribution < -0.4 is 5.32 Å². The van der Waals surface area contributed by atoms with Crippen molar-refractivity contribution in [2.45, 2.75) is 142 Å². The maximum Gasteiger partial charge on any atom is 0.322 e. The van der Waals surface area contributed by atoms with Crippen molar-refractivity contribution in [1.29, 1.82) is 0 Å². The average molecular weight is 534 g/mol. The number of carboxylic acid groups (broad SMARTS) is 1. The SMILES string of the molecule is CC/C=C\C/C=C\C/C=C\CCCCCCCC(=O)OC(CCCCC)CCCCCC(=O)NCC(=O)O. The van der Waals surface area contributed by atoms with Crippen LogP contribution in [0.1, 0.15) is 136 Å². The standard InChI is InChI=1S/C32H55NO5/c1-3-5-7-8-9-10-11-12-13-14-15-16-17-18-23-27-32(37)38-29(24-20-6-4-2)25-21-19-22-26-30(34)33-28-31(35)36/h5,7,9-10,12-13,29H,3-4,6,8,11,14-28H2,1-2H3,(H,33,34)(H,35,36)/b7-5-,10-9-,13-12-. The van der Waals surface area contributed by atoms with E-state index in [9.17, 15) is 14.4 Å². The monoisotopic (exact) mass is 533 g/mol. The first kappa shape index (κ1) is 35.6. The molecule has 38 heavy (non-hydrogen) atoms. The molecule has 6 nitrogen and oxygen atoms in total. The quantitative estimate of drug-likeness (QED) is 0.0664. The molecule has 1 atom stereocenters. The summed E-state index contributed by atoms with van der Waals surface area (Å²) in [5.41, 5.74) is 0. The van der Waals surface area contributed by atoms with E-state index in [1.54, 1.807) is 0 Å². The minimum Gasteiger partial charge on any atom is -0.480 e. The van der Waals surface area contributed by atoms with Crippen LogP contribution >= 0.6 is 0 Å². The van der Waals surface area contributed by atoms with E-state index < -0.39 is 5.97 Å². The summed E-state index contributed by atoms with van der Waals surface area (Å²) in [6, 6.07) is 0. The third-order valence-electron chi connectivity index (χ3n) is 6.33. The first-order chi connectivity index (χ1) is 18.5. The topological polar surface area (TPSA) is 92.7 Å². The minimum absolute atomic E-state index is 0.0377. The molecule has 0 aromatic rings. The number of carbonyl (C=O) groups is 3. The number of nitrogens with one attached hydrogen (secondary N) is 1. The van der Waals surface area contributed by atoms with Crippen molar-refractivity contribution in [3.05, 3.63) is 36.5 Å². The molecule has 0 saturated heterocycles. The van der Waals surface area contributed by atoms with E-state index in [0.717, 1.165) is 89.9 Å². The summed E-state index contributed by atoms with van der Waals surface area (Å²) in [4.78, 5) is 34.5. The first-order valence-corrected chi connectivity index (χ1v) is 15.1. The third kappa shape index (κ3) is 26.7. The lowest BCUT2D eigenvalue weighted by molar-refractivity contribution is -0.150. The van der Waals surface area contributed by atoms with Crippen LogP contribution in [0, 0.1) is 0 Å². The largest absolute Gasteiger partial charge is 0.480 e. The molecule has 218 valence electrons. The second-order valence-electron chi connectivity index (χ2n) is 9.98. The average Bonchev–Trinajstić information content (AvgIpc) is 2.89. The van der Waals surface area contributed by atoms with Crippen LogP contribution in [0.25, 0.3) is 0 Å². The smallest absolute Gasteiger partial charge is 0.322 e. The molecule has 0 aliphatic carbocycles. The van der Waals surface area contributed by atoms with Gasteiger partial charge in [0, 0.05) is 12.8 Å². The molecule has 0 fully saturated rings. The van der Waals surface area contributed by atoms with Gasteiger partial charge in [0.25, 0.3) is 0 Å². The molecule has 0 aliphatic rings. The van der Waals surface area contributed by atoms with Crippen molar-refractivity contribution in [3.8, 4) is 0 Å². The summed E-state index contributed by atoms with van der Waals surface area (Å²) < 4.78 is 5.81. The number of unbranched alkanes of at least 4 members (excludes halogenated alkanes) is 9. The van der Waals surface area contributed by atoms with Gasteiger partial charge in [0.15, 0.2) is 0 Å². The molecular weight excluding hydrogens is 478 g/mol. The Labute approximate surface area is 232 Å². The summed E-state index contributed by atoms with van der Waals surface area (Å²) in [6.45, 7) is 3.98. The number of hydrogen-bond acceptors (Lipinski definition) is 4. The van der Waals surface area contributed by atoms with E-state index in [1.807, 2.05) is 0 Å². The van der Waals surface area contributed by atoms with Crippen LogP contribution in [-0.2, 0) is 19.1 Å². The van der Waals surface area contributed by atoms with Gasteiger partial charge in [-0.3, -0.25) is 14.4 Å². The van der Waals surface area contributed by atoms with E-state index in [4.69, 9.17) is 9.84 Å². The van der Waals surface area contributed by atoms with E-state index >= 15 is 0 Å². The van der Waals surface area contributed by atoms with Crippen molar-refractivity contribution in [1.82, 2.24) is 5.32 Å². The predicted molar refractivity (Wildman–Crippen MR) is 157 cm³/mol. The lowest BCUT2D eigenvalue weighted by Crippen LogP contribution is -2.28. The number of esters is 1. The Balaban J connectivity index is 3.91. The number of carbonyl (C=O) groups excluding carboxylic acids is 2. The maximum absolute atomic E-state index is 12.4. The minimum atomic E-state index is -1.03. The van der Waals surface area contributed by atoms with Gasteiger partial charge in [0.2, 0.25) is 5.91 Å². The van der Waals surface area contributed by atoms with Crippen LogP contribution in [-0.4, -0.2) is 35.6 Å². The van der Waals surface area contributed by atoms with Gasteiger partial charge in [-0.25, -0.2) is 0 Å². The van der Waals surface area contributed by atoms with Gasteiger partial charge in [-0.1, -0.05) is 88.8 Å². The van der Waals surface area contributed by atoms with Crippen LogP contribution in [0.2, 0.25) is 0 Å². The number of hydrogen-bond donors (Lipinski definition) is 2. The van der Waals surface area contributed by atoms with Gasteiger partial charge >= 0.3 is 11.9 Å². The highest BCUT2D eigenvalue weighted by Crippen LogP contribution is 2.17. The molecule has 1 unspecified atom stereocenters. The number of carboxylic acids is 1. The lowest BCUT2D eigenvalue weighted by atomic mass is 10.0. The molecular formula is C32H55NO5. The summed E-state index contributed by atoms with van der Waals surface area (Å²) in [6.07, 6.45) is 31.4. The van der Waals surface area contributed by atoms with Crippen LogP contribution in [0.5, 0.6) is 0 Å². The zero-order valence-electron chi connectivity index (χ0n) is 24.3. The summed E-state index contributed by atoms with van der Waals surface area (Å²) in [5.74, 6) is -1.34. The second kappa shape index (κ2) is 27.7. The second-order valence-corrected chi connectivity index (χ2v) is 9.98.